The zero-order valence-electron chi connectivity index (χ0n) is 20.6. The molecule has 192 valence electrons. The lowest BCUT2D eigenvalue weighted by atomic mass is 10.1. The summed E-state index contributed by atoms with van der Waals surface area (Å²) in [5, 5.41) is 3.18. The van der Waals surface area contributed by atoms with E-state index in [0.717, 1.165) is 23.4 Å². The van der Waals surface area contributed by atoms with Crippen molar-refractivity contribution in [2.75, 3.05) is 23.7 Å². The summed E-state index contributed by atoms with van der Waals surface area (Å²) in [5.74, 6) is -1.30. The molecule has 0 bridgehead atoms. The van der Waals surface area contributed by atoms with Crippen LogP contribution >= 0.6 is 11.6 Å². The smallest absolute Gasteiger partial charge is 0.244 e. The number of unbranched alkanes of at least 4 members (excludes halogenated alkanes) is 1. The van der Waals surface area contributed by atoms with E-state index in [4.69, 9.17) is 11.6 Å². The molecule has 0 aromatic heterocycles. The van der Waals surface area contributed by atoms with Crippen molar-refractivity contribution in [1.82, 2.24) is 10.2 Å². The van der Waals surface area contributed by atoms with Gasteiger partial charge >= 0.3 is 0 Å². The molecule has 0 aliphatic rings. The van der Waals surface area contributed by atoms with Crippen LogP contribution in [0.15, 0.2) is 42.5 Å². The minimum Gasteiger partial charge on any atom is -0.354 e. The molecular weight excluding hydrogens is 493 g/mol. The third kappa shape index (κ3) is 8.21. The Morgan fingerprint density at radius 1 is 1.11 bits per heavy atom. The molecule has 0 spiro atoms. The van der Waals surface area contributed by atoms with E-state index in [0.29, 0.717) is 29.1 Å². The zero-order valence-corrected chi connectivity index (χ0v) is 22.1. The Labute approximate surface area is 212 Å². The third-order valence-corrected chi connectivity index (χ3v) is 6.96. The van der Waals surface area contributed by atoms with Crippen LogP contribution in [0.4, 0.5) is 10.1 Å². The van der Waals surface area contributed by atoms with Gasteiger partial charge in [-0.05, 0) is 55.2 Å². The first-order valence-electron chi connectivity index (χ1n) is 11.5. The summed E-state index contributed by atoms with van der Waals surface area (Å²) >= 11 is 6.10. The van der Waals surface area contributed by atoms with Crippen molar-refractivity contribution in [3.8, 4) is 0 Å². The lowest BCUT2D eigenvalue weighted by molar-refractivity contribution is -0.140. The molecule has 0 unspecified atom stereocenters. The fourth-order valence-electron chi connectivity index (χ4n) is 3.66. The Kier molecular flexibility index (Phi) is 10.5. The Morgan fingerprint density at radius 3 is 2.34 bits per heavy atom. The third-order valence-electron chi connectivity index (χ3n) is 5.60. The quantitative estimate of drug-likeness (QED) is 0.419. The van der Waals surface area contributed by atoms with E-state index in [2.05, 4.69) is 5.32 Å². The number of halogens is 2. The second kappa shape index (κ2) is 12.9. The highest BCUT2D eigenvalue weighted by Crippen LogP contribution is 2.27. The molecule has 0 aliphatic heterocycles. The molecule has 0 heterocycles. The molecule has 0 aliphatic carbocycles. The average molecular weight is 526 g/mol. The maximum Gasteiger partial charge on any atom is 0.244 e. The lowest BCUT2D eigenvalue weighted by Crippen LogP contribution is -2.52. The van der Waals surface area contributed by atoms with E-state index in [-0.39, 0.29) is 18.1 Å². The number of benzene rings is 2. The second-order valence-electron chi connectivity index (χ2n) is 8.42. The number of sulfonamides is 1. The van der Waals surface area contributed by atoms with Gasteiger partial charge in [0.15, 0.2) is 0 Å². The van der Waals surface area contributed by atoms with E-state index < -0.39 is 34.3 Å². The van der Waals surface area contributed by atoms with E-state index >= 15 is 0 Å². The molecule has 1 N–H and O–H groups in total. The Balaban J connectivity index is 2.43. The first-order valence-corrected chi connectivity index (χ1v) is 13.8. The Bertz CT molecular complexity index is 1130. The van der Waals surface area contributed by atoms with Gasteiger partial charge in [0.25, 0.3) is 0 Å². The van der Waals surface area contributed by atoms with E-state index in [1.54, 1.807) is 26.0 Å². The van der Waals surface area contributed by atoms with Crippen molar-refractivity contribution in [1.29, 1.82) is 0 Å². The Morgan fingerprint density at radius 2 is 1.77 bits per heavy atom. The van der Waals surface area contributed by atoms with Crippen LogP contribution in [0.1, 0.15) is 44.2 Å². The number of rotatable bonds is 12. The summed E-state index contributed by atoms with van der Waals surface area (Å²) in [6.07, 6.45) is 3.03. The van der Waals surface area contributed by atoms with Gasteiger partial charge in [-0.1, -0.05) is 50.1 Å². The number of amides is 2. The summed E-state index contributed by atoms with van der Waals surface area (Å²) in [5.41, 5.74) is 1.53. The van der Waals surface area contributed by atoms with Crippen molar-refractivity contribution in [3.63, 3.8) is 0 Å². The SMILES string of the molecule is CCCCNC(=O)[C@H](CC)N(Cc1ccc(F)cc1)C(=O)CN(c1cc(Cl)ccc1C)S(C)(=O)=O. The van der Waals surface area contributed by atoms with Crippen molar-refractivity contribution < 1.29 is 22.4 Å². The maximum atomic E-state index is 13.6. The van der Waals surface area contributed by atoms with E-state index in [1.165, 1.54) is 35.2 Å². The molecule has 2 rings (SSSR count). The van der Waals surface area contributed by atoms with Crippen LogP contribution in [-0.2, 0) is 26.2 Å². The van der Waals surface area contributed by atoms with E-state index in [1.807, 2.05) is 6.92 Å². The number of nitrogens with zero attached hydrogens (tertiary/aromatic N) is 2. The normalized spacial score (nSPS) is 12.2. The predicted octanol–water partition coefficient (Wildman–Crippen LogP) is 4.28. The number of nitrogens with one attached hydrogen (secondary N) is 1. The summed E-state index contributed by atoms with van der Waals surface area (Å²) in [6, 6.07) is 9.59. The highest BCUT2D eigenvalue weighted by Gasteiger charge is 2.32. The molecule has 7 nitrogen and oxygen atoms in total. The largest absolute Gasteiger partial charge is 0.354 e. The van der Waals surface area contributed by atoms with Crippen molar-refractivity contribution in [2.24, 2.45) is 0 Å². The van der Waals surface area contributed by atoms with Gasteiger partial charge in [-0.3, -0.25) is 13.9 Å². The fourth-order valence-corrected chi connectivity index (χ4v) is 4.72. The number of aryl methyl sites for hydroxylation is 1. The minimum atomic E-state index is -3.86. The monoisotopic (exact) mass is 525 g/mol. The van der Waals surface area contributed by atoms with Gasteiger partial charge in [-0.15, -0.1) is 0 Å². The molecule has 10 heteroatoms. The number of hydrogen-bond acceptors (Lipinski definition) is 4. The summed E-state index contributed by atoms with van der Waals surface area (Å²) < 4.78 is 39.8. The van der Waals surface area contributed by atoms with Crippen molar-refractivity contribution in [2.45, 2.75) is 52.6 Å². The molecule has 2 aromatic carbocycles. The molecule has 1 atom stereocenters. The fraction of sp³-hybridized carbons (Fsp3) is 0.440. The molecular formula is C25H33ClFN3O4S. The minimum absolute atomic E-state index is 0.0188. The standard InChI is InChI=1S/C25H33ClFN3O4S/c1-5-7-14-28-25(32)22(6-2)29(16-19-9-12-21(27)13-10-19)24(31)17-30(35(4,33)34)23-15-20(26)11-8-18(23)3/h8-13,15,22H,5-7,14,16-17H2,1-4H3,(H,28,32)/t22-/m0/s1. The van der Waals surface area contributed by atoms with Crippen LogP contribution in [0.3, 0.4) is 0 Å². The topological polar surface area (TPSA) is 86.8 Å². The van der Waals surface area contributed by atoms with Crippen LogP contribution in [-0.4, -0.2) is 50.5 Å². The predicted molar refractivity (Wildman–Crippen MR) is 137 cm³/mol. The summed E-state index contributed by atoms with van der Waals surface area (Å²) in [6.45, 7) is 5.49. The summed E-state index contributed by atoms with van der Waals surface area (Å²) in [7, 11) is -3.86. The molecule has 35 heavy (non-hydrogen) atoms. The van der Waals surface area contributed by atoms with Gasteiger partial charge < -0.3 is 10.2 Å². The van der Waals surface area contributed by atoms with Gasteiger partial charge in [0.05, 0.1) is 11.9 Å². The second-order valence-corrected chi connectivity index (χ2v) is 10.8. The van der Waals surface area contributed by atoms with Crippen LogP contribution in [0.2, 0.25) is 5.02 Å². The number of carbonyl (C=O) groups excluding carboxylic acids is 2. The highest BCUT2D eigenvalue weighted by atomic mass is 35.5. The average Bonchev–Trinajstić information content (AvgIpc) is 2.79. The van der Waals surface area contributed by atoms with Gasteiger partial charge in [-0.25, -0.2) is 12.8 Å². The highest BCUT2D eigenvalue weighted by molar-refractivity contribution is 7.92. The van der Waals surface area contributed by atoms with Crippen molar-refractivity contribution >= 4 is 39.1 Å². The van der Waals surface area contributed by atoms with Gasteiger partial charge in [0.2, 0.25) is 21.8 Å². The number of hydrogen-bond donors (Lipinski definition) is 1. The summed E-state index contributed by atoms with van der Waals surface area (Å²) in [4.78, 5) is 27.9. The van der Waals surface area contributed by atoms with Gasteiger partial charge in [0, 0.05) is 18.1 Å². The first kappa shape index (κ1) is 28.6. The van der Waals surface area contributed by atoms with Crippen LogP contribution in [0.25, 0.3) is 0 Å². The number of carbonyl (C=O) groups is 2. The zero-order chi connectivity index (χ0) is 26.2. The molecule has 0 saturated carbocycles. The van der Waals surface area contributed by atoms with Gasteiger partial charge in [0.1, 0.15) is 18.4 Å². The first-order chi connectivity index (χ1) is 16.5. The Hall–Kier alpha value is -2.65. The molecule has 2 aromatic rings. The number of anilines is 1. The van der Waals surface area contributed by atoms with Crippen LogP contribution in [0.5, 0.6) is 0 Å². The molecule has 0 radical (unpaired) electrons. The van der Waals surface area contributed by atoms with E-state index in [9.17, 15) is 22.4 Å². The van der Waals surface area contributed by atoms with Gasteiger partial charge in [-0.2, -0.15) is 0 Å². The lowest BCUT2D eigenvalue weighted by Gasteiger charge is -2.33. The maximum absolute atomic E-state index is 13.6. The molecule has 2 amide bonds. The van der Waals surface area contributed by atoms with Crippen molar-refractivity contribution in [3.05, 3.63) is 64.4 Å². The molecule has 0 fully saturated rings. The van der Waals surface area contributed by atoms with Crippen LogP contribution < -0.4 is 9.62 Å². The van der Waals surface area contributed by atoms with Crippen LogP contribution in [0, 0.1) is 12.7 Å². The molecule has 0 saturated heterocycles.